The Kier molecular flexibility index (Phi) is 6.22. The minimum Gasteiger partial charge on any atom is -0.444 e. The van der Waals surface area contributed by atoms with Crippen molar-refractivity contribution >= 4 is 17.8 Å². The SMILES string of the molecule is Cc1cc(C)cc(NC(=O)NCCNC(=O)OC(C)(C)C)c1. The van der Waals surface area contributed by atoms with Crippen molar-refractivity contribution in [3.8, 4) is 0 Å². The molecule has 1 aromatic carbocycles. The first-order valence-corrected chi connectivity index (χ1v) is 7.26. The third-order valence-corrected chi connectivity index (χ3v) is 2.56. The molecular weight excluding hydrogens is 282 g/mol. The highest BCUT2D eigenvalue weighted by atomic mass is 16.6. The van der Waals surface area contributed by atoms with E-state index < -0.39 is 11.7 Å². The van der Waals surface area contributed by atoms with Gasteiger partial charge in [-0.3, -0.25) is 0 Å². The number of ether oxygens (including phenoxy) is 1. The predicted molar refractivity (Wildman–Crippen MR) is 87.2 cm³/mol. The molecule has 6 nitrogen and oxygen atoms in total. The van der Waals surface area contributed by atoms with Gasteiger partial charge in [0.25, 0.3) is 0 Å². The molecule has 1 aromatic rings. The first kappa shape index (κ1) is 17.8. The summed E-state index contributed by atoms with van der Waals surface area (Å²) in [6.07, 6.45) is -0.496. The number of carbonyl (C=O) groups excluding carboxylic acids is 2. The van der Waals surface area contributed by atoms with E-state index in [2.05, 4.69) is 16.0 Å². The lowest BCUT2D eigenvalue weighted by molar-refractivity contribution is 0.0528. The molecule has 3 amide bonds. The Morgan fingerprint density at radius 1 is 1.00 bits per heavy atom. The molecule has 0 radical (unpaired) electrons. The van der Waals surface area contributed by atoms with Gasteiger partial charge in [0.05, 0.1) is 0 Å². The van der Waals surface area contributed by atoms with E-state index >= 15 is 0 Å². The molecule has 0 aliphatic carbocycles. The molecule has 0 bridgehead atoms. The maximum Gasteiger partial charge on any atom is 0.407 e. The van der Waals surface area contributed by atoms with Crippen LogP contribution in [0.1, 0.15) is 31.9 Å². The number of hydrogen-bond acceptors (Lipinski definition) is 3. The molecule has 0 unspecified atom stereocenters. The van der Waals surface area contributed by atoms with Crippen LogP contribution >= 0.6 is 0 Å². The van der Waals surface area contributed by atoms with E-state index in [0.717, 1.165) is 16.8 Å². The number of benzene rings is 1. The number of carbonyl (C=O) groups is 2. The van der Waals surface area contributed by atoms with E-state index in [0.29, 0.717) is 13.1 Å². The van der Waals surface area contributed by atoms with E-state index in [4.69, 9.17) is 4.74 Å². The van der Waals surface area contributed by atoms with Gasteiger partial charge in [0.2, 0.25) is 0 Å². The Morgan fingerprint density at radius 2 is 1.55 bits per heavy atom. The lowest BCUT2D eigenvalue weighted by atomic mass is 10.1. The highest BCUT2D eigenvalue weighted by Crippen LogP contribution is 2.13. The molecule has 1 rings (SSSR count). The largest absolute Gasteiger partial charge is 0.444 e. The van der Waals surface area contributed by atoms with Crippen LogP contribution in [0.3, 0.4) is 0 Å². The monoisotopic (exact) mass is 307 g/mol. The molecule has 0 aliphatic heterocycles. The summed E-state index contributed by atoms with van der Waals surface area (Å²) in [6, 6.07) is 5.52. The summed E-state index contributed by atoms with van der Waals surface area (Å²) < 4.78 is 5.09. The van der Waals surface area contributed by atoms with Gasteiger partial charge in [0.1, 0.15) is 5.60 Å². The van der Waals surface area contributed by atoms with Crippen molar-refractivity contribution < 1.29 is 14.3 Å². The van der Waals surface area contributed by atoms with Gasteiger partial charge in [0, 0.05) is 18.8 Å². The predicted octanol–water partition coefficient (Wildman–Crippen LogP) is 2.95. The molecule has 122 valence electrons. The first-order valence-electron chi connectivity index (χ1n) is 7.26. The molecule has 3 N–H and O–H groups in total. The highest BCUT2D eigenvalue weighted by molar-refractivity contribution is 5.89. The molecule has 0 fully saturated rings. The molecule has 0 spiro atoms. The summed E-state index contributed by atoms with van der Waals surface area (Å²) in [5, 5.41) is 8.00. The van der Waals surface area contributed by atoms with E-state index in [9.17, 15) is 9.59 Å². The van der Waals surface area contributed by atoms with Crippen LogP contribution in [-0.4, -0.2) is 30.8 Å². The first-order chi connectivity index (χ1) is 10.2. The average Bonchev–Trinajstić information content (AvgIpc) is 2.31. The maximum atomic E-state index is 11.7. The summed E-state index contributed by atoms with van der Waals surface area (Å²) in [6.45, 7) is 9.94. The third kappa shape index (κ3) is 7.52. The lowest BCUT2D eigenvalue weighted by Gasteiger charge is -2.19. The number of aryl methyl sites for hydroxylation is 2. The molecule has 0 aliphatic rings. The van der Waals surface area contributed by atoms with Crippen LogP contribution in [0.2, 0.25) is 0 Å². The molecule has 0 heterocycles. The summed E-state index contributed by atoms with van der Waals surface area (Å²) >= 11 is 0. The van der Waals surface area contributed by atoms with Crippen LogP contribution in [0.5, 0.6) is 0 Å². The number of urea groups is 1. The topological polar surface area (TPSA) is 79.5 Å². The van der Waals surface area contributed by atoms with E-state index in [1.807, 2.05) is 32.0 Å². The Hall–Kier alpha value is -2.24. The van der Waals surface area contributed by atoms with Gasteiger partial charge in [-0.05, 0) is 57.9 Å². The number of alkyl carbamates (subject to hydrolysis) is 1. The average molecular weight is 307 g/mol. The second kappa shape index (κ2) is 7.68. The zero-order valence-corrected chi connectivity index (χ0v) is 13.9. The fraction of sp³-hybridized carbons (Fsp3) is 0.500. The van der Waals surface area contributed by atoms with Crippen LogP contribution in [0.25, 0.3) is 0 Å². The molecule has 0 atom stereocenters. The quantitative estimate of drug-likeness (QED) is 0.748. The van der Waals surface area contributed by atoms with Crippen molar-refractivity contribution in [3.05, 3.63) is 29.3 Å². The van der Waals surface area contributed by atoms with Crippen molar-refractivity contribution in [2.45, 2.75) is 40.2 Å². The fourth-order valence-corrected chi connectivity index (χ4v) is 1.88. The van der Waals surface area contributed by atoms with E-state index in [1.165, 1.54) is 0 Å². The summed E-state index contributed by atoms with van der Waals surface area (Å²) in [4.78, 5) is 23.2. The fourth-order valence-electron chi connectivity index (χ4n) is 1.88. The van der Waals surface area contributed by atoms with Crippen LogP contribution in [0.15, 0.2) is 18.2 Å². The maximum absolute atomic E-state index is 11.7. The summed E-state index contributed by atoms with van der Waals surface area (Å²) in [7, 11) is 0. The Labute approximate surface area is 131 Å². The summed E-state index contributed by atoms with van der Waals surface area (Å²) in [5.41, 5.74) is 2.39. The van der Waals surface area contributed by atoms with Gasteiger partial charge in [0.15, 0.2) is 0 Å². The van der Waals surface area contributed by atoms with Gasteiger partial charge in [-0.1, -0.05) is 6.07 Å². The number of hydrogen-bond donors (Lipinski definition) is 3. The van der Waals surface area contributed by atoms with Crippen molar-refractivity contribution in [2.24, 2.45) is 0 Å². The molecule has 22 heavy (non-hydrogen) atoms. The zero-order chi connectivity index (χ0) is 16.8. The Morgan fingerprint density at radius 3 is 2.09 bits per heavy atom. The standard InChI is InChI=1S/C16H25N3O3/c1-11-8-12(2)10-13(9-11)19-14(20)17-6-7-18-15(21)22-16(3,4)5/h8-10H,6-7H2,1-5H3,(H,18,21)(H2,17,19,20). The number of nitrogens with one attached hydrogen (secondary N) is 3. The highest BCUT2D eigenvalue weighted by Gasteiger charge is 2.15. The molecule has 0 aromatic heterocycles. The van der Waals surface area contributed by atoms with Crippen LogP contribution in [0.4, 0.5) is 15.3 Å². The number of anilines is 1. The molecule has 0 saturated carbocycles. The lowest BCUT2D eigenvalue weighted by Crippen LogP contribution is -2.39. The number of amides is 3. The molecule has 0 saturated heterocycles. The molecule has 6 heteroatoms. The second-order valence-electron chi connectivity index (χ2n) is 6.19. The normalized spacial score (nSPS) is 10.8. The Balaban J connectivity index is 2.28. The van der Waals surface area contributed by atoms with Gasteiger partial charge < -0.3 is 20.7 Å². The minimum absolute atomic E-state index is 0.301. The van der Waals surface area contributed by atoms with Crippen molar-refractivity contribution in [3.63, 3.8) is 0 Å². The van der Waals surface area contributed by atoms with Crippen molar-refractivity contribution in [2.75, 3.05) is 18.4 Å². The van der Waals surface area contributed by atoms with Gasteiger partial charge >= 0.3 is 12.1 Å². The van der Waals surface area contributed by atoms with Gasteiger partial charge in [-0.25, -0.2) is 9.59 Å². The molecular formula is C16H25N3O3. The Bertz CT molecular complexity index is 516. The van der Waals surface area contributed by atoms with Crippen LogP contribution in [0, 0.1) is 13.8 Å². The van der Waals surface area contributed by atoms with Crippen LogP contribution < -0.4 is 16.0 Å². The zero-order valence-electron chi connectivity index (χ0n) is 13.9. The van der Waals surface area contributed by atoms with Crippen molar-refractivity contribution in [1.82, 2.24) is 10.6 Å². The van der Waals surface area contributed by atoms with E-state index in [-0.39, 0.29) is 6.03 Å². The second-order valence-corrected chi connectivity index (χ2v) is 6.19. The van der Waals surface area contributed by atoms with Gasteiger partial charge in [-0.2, -0.15) is 0 Å². The minimum atomic E-state index is -0.530. The van der Waals surface area contributed by atoms with Gasteiger partial charge in [-0.15, -0.1) is 0 Å². The van der Waals surface area contributed by atoms with E-state index in [1.54, 1.807) is 20.8 Å². The van der Waals surface area contributed by atoms with Crippen molar-refractivity contribution in [1.29, 1.82) is 0 Å². The summed E-state index contributed by atoms with van der Waals surface area (Å²) in [5.74, 6) is 0. The smallest absolute Gasteiger partial charge is 0.407 e. The third-order valence-electron chi connectivity index (χ3n) is 2.56. The van der Waals surface area contributed by atoms with Crippen LogP contribution in [-0.2, 0) is 4.74 Å². The number of rotatable bonds is 4.